The molecule has 1 aromatic carbocycles. The summed E-state index contributed by atoms with van der Waals surface area (Å²) in [4.78, 5) is 16.4. The lowest BCUT2D eigenvalue weighted by atomic mass is 9.79. The van der Waals surface area contributed by atoms with Crippen molar-refractivity contribution < 1.29 is 9.32 Å². The second kappa shape index (κ2) is 8.79. The minimum atomic E-state index is 0.0221. The van der Waals surface area contributed by atoms with Gasteiger partial charge in [0, 0.05) is 25.3 Å². The Balaban J connectivity index is 1.74. The van der Waals surface area contributed by atoms with E-state index in [9.17, 15) is 4.79 Å². The molecule has 2 aromatic rings. The van der Waals surface area contributed by atoms with Gasteiger partial charge in [-0.25, -0.2) is 0 Å². The smallest absolute Gasteiger partial charge is 0.226 e. The van der Waals surface area contributed by atoms with Crippen molar-refractivity contribution in [2.45, 2.75) is 71.3 Å². The summed E-state index contributed by atoms with van der Waals surface area (Å²) in [5.74, 6) is 1.41. The maximum atomic E-state index is 12.1. The van der Waals surface area contributed by atoms with E-state index in [1.165, 1.54) is 5.56 Å². The second-order valence-corrected chi connectivity index (χ2v) is 7.23. The summed E-state index contributed by atoms with van der Waals surface area (Å²) < 4.78 is 5.14. The van der Waals surface area contributed by atoms with Crippen LogP contribution in [0.3, 0.4) is 0 Å². The van der Waals surface area contributed by atoms with Crippen molar-refractivity contribution in [2.75, 3.05) is 0 Å². The van der Waals surface area contributed by atoms with Gasteiger partial charge in [-0.15, -0.1) is 0 Å². The molecular weight excluding hydrogens is 314 g/mol. The summed E-state index contributed by atoms with van der Waals surface area (Å²) in [6.45, 7) is 8.48. The fraction of sp³-hybridized carbons (Fsp3) is 0.550. The molecule has 0 aliphatic heterocycles. The first-order valence-electron chi connectivity index (χ1n) is 9.07. The monoisotopic (exact) mass is 343 g/mol. The fourth-order valence-electron chi connectivity index (χ4n) is 3.11. The SMILES string of the molecule is CCc1noc(CCCC(=O)N[C@H](C)CC(C)(C)c2ccccc2)n1. The molecule has 0 aliphatic rings. The van der Waals surface area contributed by atoms with Crippen molar-refractivity contribution in [1.29, 1.82) is 0 Å². The van der Waals surface area contributed by atoms with E-state index in [-0.39, 0.29) is 17.4 Å². The Morgan fingerprint density at radius 1 is 1.28 bits per heavy atom. The second-order valence-electron chi connectivity index (χ2n) is 7.23. The third-order valence-electron chi connectivity index (χ3n) is 4.40. The van der Waals surface area contributed by atoms with Crippen LogP contribution in [0.4, 0.5) is 0 Å². The van der Waals surface area contributed by atoms with Crippen molar-refractivity contribution in [2.24, 2.45) is 0 Å². The molecule has 1 aromatic heterocycles. The molecule has 2 rings (SSSR count). The molecular formula is C20H29N3O2. The molecule has 136 valence electrons. The molecule has 0 saturated carbocycles. The first kappa shape index (κ1) is 19.2. The summed E-state index contributed by atoms with van der Waals surface area (Å²) in [6.07, 6.45) is 3.49. The van der Waals surface area contributed by atoms with Gasteiger partial charge >= 0.3 is 0 Å². The minimum Gasteiger partial charge on any atom is -0.354 e. The van der Waals surface area contributed by atoms with Crippen LogP contribution in [0.2, 0.25) is 0 Å². The van der Waals surface area contributed by atoms with Gasteiger partial charge in [0.15, 0.2) is 5.82 Å². The summed E-state index contributed by atoms with van der Waals surface area (Å²) in [6, 6.07) is 10.5. The fourth-order valence-corrected chi connectivity index (χ4v) is 3.11. The van der Waals surface area contributed by atoms with Crippen molar-refractivity contribution in [3.63, 3.8) is 0 Å². The van der Waals surface area contributed by atoms with E-state index in [4.69, 9.17) is 4.52 Å². The van der Waals surface area contributed by atoms with E-state index in [1.807, 2.05) is 13.0 Å². The van der Waals surface area contributed by atoms with Crippen LogP contribution in [0.5, 0.6) is 0 Å². The maximum Gasteiger partial charge on any atom is 0.226 e. The number of carbonyl (C=O) groups excluding carboxylic acids is 1. The van der Waals surface area contributed by atoms with E-state index in [0.29, 0.717) is 25.2 Å². The number of hydrogen-bond donors (Lipinski definition) is 1. The van der Waals surface area contributed by atoms with Gasteiger partial charge in [0.1, 0.15) is 0 Å². The third-order valence-corrected chi connectivity index (χ3v) is 4.40. The van der Waals surface area contributed by atoms with E-state index >= 15 is 0 Å². The third kappa shape index (κ3) is 6.00. The topological polar surface area (TPSA) is 68.0 Å². The minimum absolute atomic E-state index is 0.0221. The van der Waals surface area contributed by atoms with E-state index in [1.54, 1.807) is 0 Å². The van der Waals surface area contributed by atoms with Crippen LogP contribution in [-0.4, -0.2) is 22.1 Å². The van der Waals surface area contributed by atoms with Crippen molar-refractivity contribution in [3.8, 4) is 0 Å². The van der Waals surface area contributed by atoms with E-state index in [2.05, 4.69) is 60.5 Å². The van der Waals surface area contributed by atoms with Crippen LogP contribution in [-0.2, 0) is 23.1 Å². The van der Waals surface area contributed by atoms with Gasteiger partial charge < -0.3 is 9.84 Å². The molecule has 25 heavy (non-hydrogen) atoms. The highest BCUT2D eigenvalue weighted by molar-refractivity contribution is 5.76. The number of carbonyl (C=O) groups is 1. The van der Waals surface area contributed by atoms with Crippen LogP contribution in [0.25, 0.3) is 0 Å². The van der Waals surface area contributed by atoms with Crippen molar-refractivity contribution in [1.82, 2.24) is 15.5 Å². The standard InChI is InChI=1S/C20H29N3O2/c1-5-17-22-19(25-23-17)13-9-12-18(24)21-15(2)14-20(3,4)16-10-7-6-8-11-16/h6-8,10-11,15H,5,9,12-14H2,1-4H3,(H,21,24)/t15-/m1/s1. The van der Waals surface area contributed by atoms with E-state index < -0.39 is 0 Å². The highest BCUT2D eigenvalue weighted by atomic mass is 16.5. The molecule has 0 spiro atoms. The van der Waals surface area contributed by atoms with Gasteiger partial charge in [-0.1, -0.05) is 56.3 Å². The lowest BCUT2D eigenvalue weighted by Crippen LogP contribution is -2.37. The quantitative estimate of drug-likeness (QED) is 0.751. The van der Waals surface area contributed by atoms with Gasteiger partial charge in [0.2, 0.25) is 11.8 Å². The van der Waals surface area contributed by atoms with Crippen LogP contribution >= 0.6 is 0 Å². The number of aryl methyl sites for hydroxylation is 2. The molecule has 1 heterocycles. The molecule has 5 nitrogen and oxygen atoms in total. The zero-order valence-electron chi connectivity index (χ0n) is 15.7. The zero-order chi connectivity index (χ0) is 18.3. The largest absolute Gasteiger partial charge is 0.354 e. The summed E-state index contributed by atoms with van der Waals surface area (Å²) in [5, 5.41) is 6.97. The zero-order valence-corrected chi connectivity index (χ0v) is 15.7. The number of rotatable bonds is 9. The predicted molar refractivity (Wildman–Crippen MR) is 98.3 cm³/mol. The highest BCUT2D eigenvalue weighted by Crippen LogP contribution is 2.28. The molecule has 5 heteroatoms. The Bertz CT molecular complexity index is 665. The first-order chi connectivity index (χ1) is 11.9. The Labute approximate surface area is 150 Å². The predicted octanol–water partition coefficient (Wildman–Crippen LogP) is 3.83. The Hall–Kier alpha value is -2.17. The van der Waals surface area contributed by atoms with Gasteiger partial charge in [-0.3, -0.25) is 4.79 Å². The number of nitrogens with zero attached hydrogens (tertiary/aromatic N) is 2. The molecule has 0 fully saturated rings. The van der Waals surface area contributed by atoms with Crippen LogP contribution < -0.4 is 5.32 Å². The number of amides is 1. The van der Waals surface area contributed by atoms with Gasteiger partial charge in [-0.2, -0.15) is 4.98 Å². The maximum absolute atomic E-state index is 12.1. The summed E-state index contributed by atoms with van der Waals surface area (Å²) in [7, 11) is 0. The van der Waals surface area contributed by atoms with Crippen LogP contribution in [0, 0.1) is 0 Å². The van der Waals surface area contributed by atoms with Gasteiger partial charge in [0.05, 0.1) is 0 Å². The summed E-state index contributed by atoms with van der Waals surface area (Å²) in [5.41, 5.74) is 1.31. The summed E-state index contributed by atoms with van der Waals surface area (Å²) >= 11 is 0. The average molecular weight is 343 g/mol. The molecule has 1 atom stereocenters. The number of hydrogen-bond acceptors (Lipinski definition) is 4. The van der Waals surface area contributed by atoms with Gasteiger partial charge in [-0.05, 0) is 30.7 Å². The lowest BCUT2D eigenvalue weighted by Gasteiger charge is -2.29. The molecule has 0 saturated heterocycles. The Morgan fingerprint density at radius 3 is 2.64 bits per heavy atom. The molecule has 0 aliphatic carbocycles. The number of nitrogens with one attached hydrogen (secondary N) is 1. The van der Waals surface area contributed by atoms with Crippen molar-refractivity contribution in [3.05, 3.63) is 47.6 Å². The highest BCUT2D eigenvalue weighted by Gasteiger charge is 2.23. The van der Waals surface area contributed by atoms with Crippen molar-refractivity contribution >= 4 is 5.91 Å². The Kier molecular flexibility index (Phi) is 6.73. The molecule has 1 N–H and O–H groups in total. The molecule has 1 amide bonds. The first-order valence-corrected chi connectivity index (χ1v) is 9.07. The average Bonchev–Trinajstić information content (AvgIpc) is 3.03. The molecule has 0 unspecified atom stereocenters. The van der Waals surface area contributed by atoms with Gasteiger partial charge in [0.25, 0.3) is 0 Å². The van der Waals surface area contributed by atoms with Crippen LogP contribution in [0.15, 0.2) is 34.9 Å². The Morgan fingerprint density at radius 2 is 2.00 bits per heavy atom. The van der Waals surface area contributed by atoms with E-state index in [0.717, 1.165) is 18.7 Å². The molecule has 0 bridgehead atoms. The molecule has 0 radical (unpaired) electrons. The number of benzene rings is 1. The van der Waals surface area contributed by atoms with Crippen LogP contribution in [0.1, 0.15) is 64.2 Å². The lowest BCUT2D eigenvalue weighted by molar-refractivity contribution is -0.121. The number of aromatic nitrogens is 2. The normalized spacial score (nSPS) is 12.8.